The van der Waals surface area contributed by atoms with Gasteiger partial charge in [0.05, 0.1) is 12.5 Å². The molecule has 1 aliphatic carbocycles. The van der Waals surface area contributed by atoms with Crippen LogP contribution in [0.1, 0.15) is 23.2 Å². The maximum absolute atomic E-state index is 12.4. The number of ketones is 2. The minimum absolute atomic E-state index is 0.0118. The molecule has 0 aromatic heterocycles. The van der Waals surface area contributed by atoms with E-state index in [9.17, 15) is 9.59 Å². The van der Waals surface area contributed by atoms with E-state index in [1.165, 1.54) is 0 Å². The van der Waals surface area contributed by atoms with Crippen molar-refractivity contribution < 1.29 is 14.3 Å². The predicted octanol–water partition coefficient (Wildman–Crippen LogP) is 4.40. The first-order valence-electron chi connectivity index (χ1n) is 8.30. The van der Waals surface area contributed by atoms with E-state index in [1.54, 1.807) is 25.3 Å². The van der Waals surface area contributed by atoms with Crippen molar-refractivity contribution >= 4 is 11.6 Å². The number of methoxy groups -OCH3 is 1. The van der Waals surface area contributed by atoms with Crippen molar-refractivity contribution in [1.82, 2.24) is 0 Å². The van der Waals surface area contributed by atoms with Crippen LogP contribution in [0.4, 0.5) is 0 Å². The summed E-state index contributed by atoms with van der Waals surface area (Å²) in [5.41, 5.74) is 3.29. The Morgan fingerprint density at radius 1 is 0.960 bits per heavy atom. The SMILES string of the molecule is COC1C=CC(C(=O)CC(=O)c2ccc(-c3ccccc3)cc2)=CC1. The number of hydrogen-bond acceptors (Lipinski definition) is 3. The summed E-state index contributed by atoms with van der Waals surface area (Å²) in [4.78, 5) is 24.7. The smallest absolute Gasteiger partial charge is 0.170 e. The van der Waals surface area contributed by atoms with Crippen molar-refractivity contribution in [2.45, 2.75) is 18.9 Å². The predicted molar refractivity (Wildman–Crippen MR) is 98.5 cm³/mol. The lowest BCUT2D eigenvalue weighted by atomic mass is 9.96. The quantitative estimate of drug-likeness (QED) is 0.582. The summed E-state index contributed by atoms with van der Waals surface area (Å²) in [6.45, 7) is 0. The summed E-state index contributed by atoms with van der Waals surface area (Å²) in [6, 6.07) is 17.4. The van der Waals surface area contributed by atoms with Gasteiger partial charge in [-0.15, -0.1) is 0 Å². The average Bonchev–Trinajstić information content (AvgIpc) is 2.68. The highest BCUT2D eigenvalue weighted by Crippen LogP contribution is 2.20. The number of rotatable bonds is 6. The molecular formula is C22H20O3. The molecule has 0 fully saturated rings. The maximum Gasteiger partial charge on any atom is 0.170 e. The van der Waals surface area contributed by atoms with Gasteiger partial charge < -0.3 is 4.74 Å². The van der Waals surface area contributed by atoms with E-state index >= 15 is 0 Å². The van der Waals surface area contributed by atoms with Gasteiger partial charge in [0, 0.05) is 18.2 Å². The standard InChI is InChI=1S/C22H20O3/c1-25-20-13-11-19(12-14-20)22(24)15-21(23)18-9-7-17(8-10-18)16-5-3-2-4-6-16/h2-13,20H,14-15H2,1H3. The fourth-order valence-corrected chi connectivity index (χ4v) is 2.81. The minimum Gasteiger partial charge on any atom is -0.377 e. The summed E-state index contributed by atoms with van der Waals surface area (Å²) >= 11 is 0. The Kier molecular flexibility index (Phi) is 5.36. The van der Waals surface area contributed by atoms with Crippen LogP contribution in [0.5, 0.6) is 0 Å². The van der Waals surface area contributed by atoms with Gasteiger partial charge in [0.2, 0.25) is 0 Å². The highest BCUT2D eigenvalue weighted by atomic mass is 16.5. The highest BCUT2D eigenvalue weighted by molar-refractivity contribution is 6.14. The second-order valence-electron chi connectivity index (χ2n) is 5.99. The third kappa shape index (κ3) is 4.20. The lowest BCUT2D eigenvalue weighted by molar-refractivity contribution is -0.114. The maximum atomic E-state index is 12.4. The molecule has 0 saturated heterocycles. The Bertz CT molecular complexity index is 814. The van der Waals surface area contributed by atoms with Gasteiger partial charge in [-0.1, -0.05) is 72.8 Å². The first kappa shape index (κ1) is 17.1. The summed E-state index contributed by atoms with van der Waals surface area (Å²) in [6.07, 6.45) is 5.99. The minimum atomic E-state index is -0.159. The normalized spacial score (nSPS) is 16.4. The largest absolute Gasteiger partial charge is 0.377 e. The van der Waals surface area contributed by atoms with E-state index in [0.717, 1.165) is 11.1 Å². The second kappa shape index (κ2) is 7.86. The Morgan fingerprint density at radius 2 is 1.64 bits per heavy atom. The first-order chi connectivity index (χ1) is 12.2. The molecule has 3 heteroatoms. The van der Waals surface area contributed by atoms with Crippen LogP contribution in [0.15, 0.2) is 78.4 Å². The van der Waals surface area contributed by atoms with E-state index in [-0.39, 0.29) is 24.1 Å². The van der Waals surface area contributed by atoms with Crippen molar-refractivity contribution in [1.29, 1.82) is 0 Å². The first-order valence-corrected chi connectivity index (χ1v) is 8.30. The molecule has 0 N–H and O–H groups in total. The van der Waals surface area contributed by atoms with Crippen molar-refractivity contribution in [3.05, 3.63) is 84.0 Å². The molecule has 0 radical (unpaired) electrons. The molecule has 1 unspecified atom stereocenters. The zero-order chi connectivity index (χ0) is 17.6. The van der Waals surface area contributed by atoms with E-state index in [4.69, 9.17) is 4.74 Å². The zero-order valence-electron chi connectivity index (χ0n) is 14.1. The lowest BCUT2D eigenvalue weighted by Crippen LogP contribution is -2.14. The molecule has 3 nitrogen and oxygen atoms in total. The van der Waals surface area contributed by atoms with Crippen LogP contribution in [0.3, 0.4) is 0 Å². The monoisotopic (exact) mass is 332 g/mol. The van der Waals surface area contributed by atoms with Crippen LogP contribution in [0, 0.1) is 0 Å². The summed E-state index contributed by atoms with van der Waals surface area (Å²) in [7, 11) is 1.64. The number of carbonyl (C=O) groups excluding carboxylic acids is 2. The zero-order valence-corrected chi connectivity index (χ0v) is 14.1. The summed E-state index contributed by atoms with van der Waals surface area (Å²) < 4.78 is 5.21. The molecule has 0 heterocycles. The number of carbonyl (C=O) groups is 2. The second-order valence-corrected chi connectivity index (χ2v) is 5.99. The summed E-state index contributed by atoms with van der Waals surface area (Å²) in [5, 5.41) is 0. The molecule has 1 aliphatic rings. The highest BCUT2D eigenvalue weighted by Gasteiger charge is 2.17. The van der Waals surface area contributed by atoms with Crippen LogP contribution in [-0.2, 0) is 9.53 Å². The molecular weight excluding hydrogens is 312 g/mol. The molecule has 0 saturated carbocycles. The van der Waals surface area contributed by atoms with Gasteiger partial charge in [-0.3, -0.25) is 9.59 Å². The Morgan fingerprint density at radius 3 is 2.24 bits per heavy atom. The van der Waals surface area contributed by atoms with Gasteiger partial charge >= 0.3 is 0 Å². The fraction of sp³-hybridized carbons (Fsp3) is 0.182. The van der Waals surface area contributed by atoms with E-state index in [0.29, 0.717) is 17.6 Å². The average molecular weight is 332 g/mol. The lowest BCUT2D eigenvalue weighted by Gasteiger charge is -2.13. The van der Waals surface area contributed by atoms with Crippen LogP contribution in [0.25, 0.3) is 11.1 Å². The van der Waals surface area contributed by atoms with E-state index < -0.39 is 0 Å². The fourth-order valence-electron chi connectivity index (χ4n) is 2.81. The molecule has 0 spiro atoms. The van der Waals surface area contributed by atoms with E-state index in [1.807, 2.05) is 54.6 Å². The molecule has 3 rings (SSSR count). The number of benzene rings is 2. The topological polar surface area (TPSA) is 43.4 Å². The molecule has 1 atom stereocenters. The summed E-state index contributed by atoms with van der Waals surface area (Å²) in [5.74, 6) is -0.310. The Balaban J connectivity index is 1.65. The Hall–Kier alpha value is -2.78. The Labute approximate surface area is 147 Å². The van der Waals surface area contributed by atoms with Gasteiger partial charge in [0.15, 0.2) is 11.6 Å². The van der Waals surface area contributed by atoms with Gasteiger partial charge in [-0.25, -0.2) is 0 Å². The van der Waals surface area contributed by atoms with E-state index in [2.05, 4.69) is 0 Å². The van der Waals surface area contributed by atoms with Crippen LogP contribution < -0.4 is 0 Å². The van der Waals surface area contributed by atoms with Crippen LogP contribution >= 0.6 is 0 Å². The number of ether oxygens (including phenoxy) is 1. The third-order valence-electron chi connectivity index (χ3n) is 4.32. The molecule has 2 aromatic rings. The van der Waals surface area contributed by atoms with Gasteiger partial charge in [-0.2, -0.15) is 0 Å². The van der Waals surface area contributed by atoms with Gasteiger partial charge in [0.25, 0.3) is 0 Å². The molecule has 0 amide bonds. The van der Waals surface area contributed by atoms with Crippen molar-refractivity contribution in [3.8, 4) is 11.1 Å². The molecule has 126 valence electrons. The van der Waals surface area contributed by atoms with Gasteiger partial charge in [0.1, 0.15) is 0 Å². The van der Waals surface area contributed by atoms with Crippen molar-refractivity contribution in [3.63, 3.8) is 0 Å². The van der Waals surface area contributed by atoms with Crippen molar-refractivity contribution in [2.75, 3.05) is 7.11 Å². The van der Waals surface area contributed by atoms with Gasteiger partial charge in [-0.05, 0) is 17.5 Å². The number of Topliss-reactive ketones (excluding diaryl/α,β-unsaturated/α-hetero) is 2. The van der Waals surface area contributed by atoms with Crippen LogP contribution in [0.2, 0.25) is 0 Å². The molecule has 2 aromatic carbocycles. The van der Waals surface area contributed by atoms with Crippen LogP contribution in [-0.4, -0.2) is 24.8 Å². The molecule has 0 bridgehead atoms. The molecule has 25 heavy (non-hydrogen) atoms. The number of hydrogen-bond donors (Lipinski definition) is 0. The van der Waals surface area contributed by atoms with Crippen molar-refractivity contribution in [2.24, 2.45) is 0 Å². The molecule has 0 aliphatic heterocycles. The third-order valence-corrected chi connectivity index (χ3v) is 4.32. The number of allylic oxidation sites excluding steroid dienone is 2.